The number of aromatic nitrogens is 2. The maximum absolute atomic E-state index is 11.3. The van der Waals surface area contributed by atoms with Crippen molar-refractivity contribution in [3.63, 3.8) is 0 Å². The van der Waals surface area contributed by atoms with Gasteiger partial charge in [-0.2, -0.15) is 4.98 Å². The van der Waals surface area contributed by atoms with E-state index in [-0.39, 0.29) is 11.6 Å². The van der Waals surface area contributed by atoms with Crippen LogP contribution in [0.2, 0.25) is 0 Å². The Hall–Kier alpha value is -1.54. The summed E-state index contributed by atoms with van der Waals surface area (Å²) in [7, 11) is -3.16. The number of para-hydroxylation sites is 1. The van der Waals surface area contributed by atoms with Gasteiger partial charge in [0, 0.05) is 22.9 Å². The summed E-state index contributed by atoms with van der Waals surface area (Å²) in [4.78, 5) is 7.60. The quantitative estimate of drug-likeness (QED) is 0.844. The molecule has 0 spiro atoms. The average Bonchev–Trinajstić information content (AvgIpc) is 2.83. The summed E-state index contributed by atoms with van der Waals surface area (Å²) < 4.78 is 27.7. The summed E-state index contributed by atoms with van der Waals surface area (Å²) in [5.41, 5.74) is 1.15. The third-order valence-corrected chi connectivity index (χ3v) is 5.17. The van der Waals surface area contributed by atoms with Gasteiger partial charge in [0.05, 0.1) is 12.2 Å². The van der Waals surface area contributed by atoms with Gasteiger partial charge in [0.25, 0.3) is 0 Å². The van der Waals surface area contributed by atoms with Crippen LogP contribution in [0.3, 0.4) is 0 Å². The predicted octanol–water partition coefficient (Wildman–Crippen LogP) is 2.12. The Kier molecular flexibility index (Phi) is 4.14. The monoisotopic (exact) mass is 339 g/mol. The number of thioether (sulfide) groups is 1. The van der Waals surface area contributed by atoms with Crippen molar-refractivity contribution in [2.45, 2.75) is 29.4 Å². The molecule has 0 radical (unpaired) electrons. The smallest absolute Gasteiger partial charge is 0.246 e. The molecular weight excluding hydrogens is 322 g/mol. The number of fused-ring (bicyclic) bond motifs is 1. The molecule has 0 saturated carbocycles. The molecule has 6 nitrogen and oxygen atoms in total. The first-order chi connectivity index (χ1) is 10.4. The Morgan fingerprint density at radius 2 is 2.18 bits per heavy atom. The van der Waals surface area contributed by atoms with Gasteiger partial charge < -0.3 is 9.42 Å². The van der Waals surface area contributed by atoms with Crippen molar-refractivity contribution in [3.8, 4) is 0 Å². The standard InChI is InChI=1S/C14H17N3O3S2/c1-10-7-17(11-5-3-4-6-12(11)21-10)8-14-15-13(16-20-14)9-22(2,18)19/h3-6,10H,7-9H2,1-2H3/t10-/m1/s1. The molecule has 8 heteroatoms. The van der Waals surface area contributed by atoms with E-state index in [4.69, 9.17) is 4.52 Å². The number of benzene rings is 1. The minimum atomic E-state index is -3.16. The summed E-state index contributed by atoms with van der Waals surface area (Å²) >= 11 is 1.85. The summed E-state index contributed by atoms with van der Waals surface area (Å²) in [5.74, 6) is 0.456. The molecule has 0 aliphatic carbocycles. The molecule has 118 valence electrons. The highest BCUT2D eigenvalue weighted by Gasteiger charge is 2.24. The van der Waals surface area contributed by atoms with Crippen molar-refractivity contribution in [3.05, 3.63) is 36.0 Å². The topological polar surface area (TPSA) is 76.3 Å². The van der Waals surface area contributed by atoms with Gasteiger partial charge in [0.2, 0.25) is 5.89 Å². The van der Waals surface area contributed by atoms with Crippen LogP contribution in [0.15, 0.2) is 33.7 Å². The Bertz CT molecular complexity index is 773. The molecule has 0 N–H and O–H groups in total. The lowest BCUT2D eigenvalue weighted by atomic mass is 10.2. The molecule has 0 amide bonds. The average molecular weight is 339 g/mol. The molecule has 3 rings (SSSR count). The predicted molar refractivity (Wildman–Crippen MR) is 85.7 cm³/mol. The molecule has 2 aromatic rings. The first-order valence-electron chi connectivity index (χ1n) is 6.90. The lowest BCUT2D eigenvalue weighted by molar-refractivity contribution is 0.371. The molecule has 1 aliphatic heterocycles. The number of nitrogens with zero attached hydrogens (tertiary/aromatic N) is 3. The molecule has 0 unspecified atom stereocenters. The van der Waals surface area contributed by atoms with E-state index in [0.717, 1.165) is 18.5 Å². The second-order valence-electron chi connectivity index (χ2n) is 5.45. The number of hydrogen-bond donors (Lipinski definition) is 0. The summed E-state index contributed by atoms with van der Waals surface area (Å²) in [5, 5.41) is 4.21. The van der Waals surface area contributed by atoms with Crippen molar-refractivity contribution >= 4 is 27.3 Å². The lowest BCUT2D eigenvalue weighted by Gasteiger charge is -2.33. The number of anilines is 1. The van der Waals surface area contributed by atoms with Crippen LogP contribution in [0.1, 0.15) is 18.6 Å². The molecule has 1 atom stereocenters. The highest BCUT2D eigenvalue weighted by molar-refractivity contribution is 8.00. The SMILES string of the molecule is C[C@@H]1CN(Cc2nc(CS(C)(=O)=O)no2)c2ccccc2S1. The van der Waals surface area contributed by atoms with Crippen molar-refractivity contribution in [2.75, 3.05) is 17.7 Å². The van der Waals surface area contributed by atoms with E-state index in [1.54, 1.807) is 0 Å². The molecule has 0 fully saturated rings. The Morgan fingerprint density at radius 1 is 1.41 bits per heavy atom. The molecule has 1 aromatic heterocycles. The van der Waals surface area contributed by atoms with Crippen LogP contribution in [0.4, 0.5) is 5.69 Å². The van der Waals surface area contributed by atoms with Gasteiger partial charge in [-0.25, -0.2) is 8.42 Å². The van der Waals surface area contributed by atoms with Crippen molar-refractivity contribution in [2.24, 2.45) is 0 Å². The first kappa shape index (κ1) is 15.4. The van der Waals surface area contributed by atoms with Crippen LogP contribution >= 0.6 is 11.8 Å². The second kappa shape index (κ2) is 5.92. The number of hydrogen-bond acceptors (Lipinski definition) is 7. The van der Waals surface area contributed by atoms with Gasteiger partial charge in [-0.15, -0.1) is 11.8 Å². The van der Waals surface area contributed by atoms with Gasteiger partial charge in [0.1, 0.15) is 5.75 Å². The maximum Gasteiger partial charge on any atom is 0.246 e. The second-order valence-corrected chi connectivity index (χ2v) is 9.07. The normalized spacial score (nSPS) is 18.3. The van der Waals surface area contributed by atoms with Gasteiger partial charge in [0.15, 0.2) is 15.7 Å². The fourth-order valence-corrected chi connectivity index (χ4v) is 4.19. The molecule has 1 aliphatic rings. The van der Waals surface area contributed by atoms with Crippen LogP contribution in [0, 0.1) is 0 Å². The Labute approximate surface area is 133 Å². The first-order valence-corrected chi connectivity index (χ1v) is 9.84. The Balaban J connectivity index is 1.79. The Morgan fingerprint density at radius 3 is 2.95 bits per heavy atom. The molecule has 1 aromatic carbocycles. The van der Waals surface area contributed by atoms with E-state index in [0.29, 0.717) is 17.7 Å². The van der Waals surface area contributed by atoms with E-state index in [1.807, 2.05) is 23.9 Å². The van der Waals surface area contributed by atoms with Crippen molar-refractivity contribution < 1.29 is 12.9 Å². The summed E-state index contributed by atoms with van der Waals surface area (Å²) in [6.07, 6.45) is 1.16. The number of sulfone groups is 1. The highest BCUT2D eigenvalue weighted by Crippen LogP contribution is 2.38. The van der Waals surface area contributed by atoms with E-state index in [1.165, 1.54) is 4.90 Å². The zero-order chi connectivity index (χ0) is 15.7. The largest absolute Gasteiger partial charge is 0.360 e. The zero-order valence-electron chi connectivity index (χ0n) is 12.4. The fourth-order valence-electron chi connectivity index (χ4n) is 2.44. The van der Waals surface area contributed by atoms with Crippen molar-refractivity contribution in [1.29, 1.82) is 0 Å². The minimum absolute atomic E-state index is 0.195. The van der Waals surface area contributed by atoms with E-state index < -0.39 is 9.84 Å². The van der Waals surface area contributed by atoms with Crippen LogP contribution < -0.4 is 4.90 Å². The summed E-state index contributed by atoms with van der Waals surface area (Å²) in [6, 6.07) is 8.21. The molecular formula is C14H17N3O3S2. The maximum atomic E-state index is 11.3. The van der Waals surface area contributed by atoms with Gasteiger partial charge >= 0.3 is 0 Å². The molecule has 0 saturated heterocycles. The van der Waals surface area contributed by atoms with Gasteiger partial charge in [-0.1, -0.05) is 24.2 Å². The van der Waals surface area contributed by atoms with Gasteiger partial charge in [-0.05, 0) is 12.1 Å². The third kappa shape index (κ3) is 3.61. The lowest BCUT2D eigenvalue weighted by Crippen LogP contribution is -2.32. The van der Waals surface area contributed by atoms with E-state index in [2.05, 4.69) is 34.1 Å². The van der Waals surface area contributed by atoms with Crippen LogP contribution in [-0.4, -0.2) is 36.6 Å². The van der Waals surface area contributed by atoms with Gasteiger partial charge in [-0.3, -0.25) is 0 Å². The minimum Gasteiger partial charge on any atom is -0.360 e. The summed E-state index contributed by atoms with van der Waals surface area (Å²) in [6.45, 7) is 3.54. The molecule has 0 bridgehead atoms. The van der Waals surface area contributed by atoms with Crippen molar-refractivity contribution in [1.82, 2.24) is 10.1 Å². The number of rotatable bonds is 4. The van der Waals surface area contributed by atoms with Crippen LogP contribution in [0.5, 0.6) is 0 Å². The molecule has 2 heterocycles. The fraction of sp³-hybridized carbons (Fsp3) is 0.429. The third-order valence-electron chi connectivity index (χ3n) is 3.24. The molecule has 22 heavy (non-hydrogen) atoms. The van der Waals surface area contributed by atoms with E-state index >= 15 is 0 Å². The van der Waals surface area contributed by atoms with Crippen LogP contribution in [0.25, 0.3) is 0 Å². The zero-order valence-corrected chi connectivity index (χ0v) is 14.0. The van der Waals surface area contributed by atoms with E-state index in [9.17, 15) is 8.42 Å². The highest BCUT2D eigenvalue weighted by atomic mass is 32.2. The van der Waals surface area contributed by atoms with Crippen LogP contribution in [-0.2, 0) is 22.1 Å².